The molecule has 0 saturated carbocycles. The highest BCUT2D eigenvalue weighted by atomic mass is 19.4. The zero-order valence-electron chi connectivity index (χ0n) is 32.2. The minimum Gasteiger partial charge on any atom is -0.465 e. The summed E-state index contributed by atoms with van der Waals surface area (Å²) in [6.45, 7) is -4.38. The summed E-state index contributed by atoms with van der Waals surface area (Å²) >= 11 is 0. The van der Waals surface area contributed by atoms with E-state index in [4.69, 9.17) is 14.2 Å². The number of halogens is 28. The van der Waals surface area contributed by atoms with Gasteiger partial charge in [0.2, 0.25) is 0 Å². The van der Waals surface area contributed by atoms with Crippen molar-refractivity contribution in [2.24, 2.45) is 5.41 Å². The lowest BCUT2D eigenvalue weighted by Gasteiger charge is -2.37. The van der Waals surface area contributed by atoms with E-state index in [0.717, 1.165) is 0 Å². The molecule has 0 fully saturated rings. The summed E-state index contributed by atoms with van der Waals surface area (Å²) in [4.78, 5) is 12.1. The molecule has 0 saturated heterocycles. The van der Waals surface area contributed by atoms with Gasteiger partial charge in [0.1, 0.15) is 0 Å². The van der Waals surface area contributed by atoms with Gasteiger partial charge in [-0.05, 0) is 33.6 Å². The Hall–Kier alpha value is -2.73. The maximum atomic E-state index is 14.1. The number of carbonyl (C=O) groups excluding carboxylic acids is 1. The van der Waals surface area contributed by atoms with E-state index in [9.17, 15) is 128 Å². The fraction of sp³-hybridized carbons (Fsp3) is 0.966. The summed E-state index contributed by atoms with van der Waals surface area (Å²) in [5.74, 6) is -35.4. The van der Waals surface area contributed by atoms with Gasteiger partial charge in [0.05, 0.1) is 38.4 Å². The lowest BCUT2D eigenvalue weighted by atomic mass is 9.91. The Kier molecular flexibility index (Phi) is 19.2. The number of ether oxygens (including phenoxy) is 7. The molecule has 0 aromatic heterocycles. The molecule has 36 heteroatoms. The first-order chi connectivity index (χ1) is 28.3. The van der Waals surface area contributed by atoms with Gasteiger partial charge in [0.15, 0.2) is 5.79 Å². The number of hydrogen-bond acceptors (Lipinski definition) is 8. The lowest BCUT2D eigenvalue weighted by Crippen LogP contribution is -2.65. The monoisotopic (exact) mass is 1040 g/mol. The largest absolute Gasteiger partial charge is 0.465 e. The molecule has 0 heterocycles. The second-order valence-electron chi connectivity index (χ2n) is 13.5. The van der Waals surface area contributed by atoms with Gasteiger partial charge in [-0.2, -0.15) is 123 Å². The number of carbonyl (C=O) groups is 1. The Bertz CT molecular complexity index is 1400. The lowest BCUT2D eigenvalue weighted by molar-refractivity contribution is -0.486. The Morgan fingerprint density at radius 3 is 0.923 bits per heavy atom. The van der Waals surface area contributed by atoms with E-state index in [1.54, 1.807) is 9.47 Å². The van der Waals surface area contributed by atoms with E-state index >= 15 is 0 Å². The first-order valence-corrected chi connectivity index (χ1v) is 16.7. The molecule has 0 spiro atoms. The normalized spacial score (nSPS) is 15.7. The SMILES string of the molecule is CCC(C)(C)C(=O)OCCCC(C)(OCCOC(F)(F)C(F)(F)C(F)(F)C(F)(F)OC(C(F)(F)F)C(F)(F)F)OCCOC(F)(F)C(F)(F)C(F)(F)C(F)(F)OC(C(F)(F)F)C(F)(F)F. The van der Waals surface area contributed by atoms with Crippen molar-refractivity contribution in [3.63, 3.8) is 0 Å². The highest BCUT2D eigenvalue weighted by molar-refractivity contribution is 5.75. The summed E-state index contributed by atoms with van der Waals surface area (Å²) in [5.41, 5.74) is -1.19. The van der Waals surface area contributed by atoms with Crippen molar-refractivity contribution >= 4 is 5.97 Å². The minimum atomic E-state index is -8.01. The van der Waals surface area contributed by atoms with Crippen LogP contribution in [0.1, 0.15) is 47.0 Å². The van der Waals surface area contributed by atoms with E-state index < -0.39 is 148 Å². The van der Waals surface area contributed by atoms with Gasteiger partial charge in [0, 0.05) is 6.42 Å². The van der Waals surface area contributed by atoms with E-state index in [2.05, 4.69) is 9.47 Å². The van der Waals surface area contributed by atoms with Crippen molar-refractivity contribution in [2.75, 3.05) is 33.0 Å². The van der Waals surface area contributed by atoms with Gasteiger partial charge < -0.3 is 23.7 Å². The standard InChI is InChI=1S/C29H30F28O8/c1-5-16(2,3)15(58)59-8-6-7-17(4,60-9-11-62-26(50,51)22(42,43)24(46,47)28(54,55)64-13(18(30,31)32)19(33,34)35)61-10-12-63-27(52,53)23(44,45)25(48,49)29(56,57)65-14(20(36,37)38)21(39,40)41/h13-14H,5-12H2,1-4H3. The highest BCUT2D eigenvalue weighted by Crippen LogP contribution is 2.56. The van der Waals surface area contributed by atoms with Crippen molar-refractivity contribution in [3.05, 3.63) is 0 Å². The second-order valence-corrected chi connectivity index (χ2v) is 13.5. The van der Waals surface area contributed by atoms with Crippen LogP contribution in [0.25, 0.3) is 0 Å². The Balaban J connectivity index is 6.28. The highest BCUT2D eigenvalue weighted by Gasteiger charge is 2.85. The predicted octanol–water partition coefficient (Wildman–Crippen LogP) is 11.5. The van der Waals surface area contributed by atoms with Crippen molar-refractivity contribution in [2.45, 2.75) is 138 Å². The van der Waals surface area contributed by atoms with Crippen LogP contribution in [0.5, 0.6) is 0 Å². The number of rotatable bonds is 26. The van der Waals surface area contributed by atoms with Gasteiger partial charge in [0.25, 0.3) is 12.2 Å². The molecule has 0 bridgehead atoms. The van der Waals surface area contributed by atoms with Crippen LogP contribution in [-0.2, 0) is 38.0 Å². The van der Waals surface area contributed by atoms with Crippen molar-refractivity contribution in [1.82, 2.24) is 0 Å². The molecule has 0 aliphatic rings. The third-order valence-corrected chi connectivity index (χ3v) is 7.96. The van der Waals surface area contributed by atoms with Crippen molar-refractivity contribution < 1.29 is 161 Å². The Morgan fingerprint density at radius 1 is 0.400 bits per heavy atom. The van der Waals surface area contributed by atoms with Gasteiger partial charge in [-0.1, -0.05) is 6.92 Å². The van der Waals surface area contributed by atoms with E-state index in [1.807, 2.05) is 0 Å². The maximum absolute atomic E-state index is 14.1. The molecular weight excluding hydrogens is 1010 g/mol. The minimum absolute atomic E-state index is 0.125. The maximum Gasteiger partial charge on any atom is 0.427 e. The third-order valence-electron chi connectivity index (χ3n) is 7.96. The summed E-state index contributed by atoms with van der Waals surface area (Å²) in [5, 5.41) is 0. The Morgan fingerprint density at radius 2 is 0.662 bits per heavy atom. The van der Waals surface area contributed by atoms with Crippen LogP contribution in [0.4, 0.5) is 123 Å². The van der Waals surface area contributed by atoms with E-state index in [0.29, 0.717) is 6.92 Å². The molecule has 0 aromatic carbocycles. The topological polar surface area (TPSA) is 81.7 Å². The first-order valence-electron chi connectivity index (χ1n) is 16.7. The predicted molar refractivity (Wildman–Crippen MR) is 150 cm³/mol. The number of esters is 1. The van der Waals surface area contributed by atoms with Gasteiger partial charge in [-0.3, -0.25) is 14.3 Å². The number of hydrogen-bond donors (Lipinski definition) is 0. The zero-order valence-corrected chi connectivity index (χ0v) is 32.2. The smallest absolute Gasteiger partial charge is 0.427 e. The molecule has 0 amide bonds. The van der Waals surface area contributed by atoms with Crippen molar-refractivity contribution in [3.8, 4) is 0 Å². The average Bonchev–Trinajstić information content (AvgIpc) is 3.09. The van der Waals surface area contributed by atoms with Crippen LogP contribution in [-0.4, -0.2) is 130 Å². The molecule has 0 atom stereocenters. The molecule has 65 heavy (non-hydrogen) atoms. The fourth-order valence-electron chi connectivity index (χ4n) is 3.93. The van der Waals surface area contributed by atoms with Crippen LogP contribution in [0, 0.1) is 5.41 Å². The molecule has 0 aliphatic heterocycles. The van der Waals surface area contributed by atoms with Crippen LogP contribution in [0.15, 0.2) is 0 Å². The molecule has 0 radical (unpaired) electrons. The molecule has 0 N–H and O–H groups in total. The average molecular weight is 1040 g/mol. The third kappa shape index (κ3) is 14.9. The summed E-state index contributed by atoms with van der Waals surface area (Å²) < 4.78 is 398. The molecule has 390 valence electrons. The molecule has 0 aliphatic carbocycles. The zero-order chi connectivity index (χ0) is 52.3. The van der Waals surface area contributed by atoms with Gasteiger partial charge >= 0.3 is 78.8 Å². The van der Waals surface area contributed by atoms with Crippen LogP contribution < -0.4 is 0 Å². The molecule has 0 rings (SSSR count). The van der Waals surface area contributed by atoms with E-state index in [-0.39, 0.29) is 6.42 Å². The summed E-state index contributed by atoms with van der Waals surface area (Å²) in [7, 11) is 0. The second kappa shape index (κ2) is 20.1. The molecule has 8 nitrogen and oxygen atoms in total. The van der Waals surface area contributed by atoms with Gasteiger partial charge in [-0.25, -0.2) is 0 Å². The first kappa shape index (κ1) is 62.3. The summed E-state index contributed by atoms with van der Waals surface area (Å²) in [6, 6.07) is 0. The quantitative estimate of drug-likeness (QED) is 0.0367. The van der Waals surface area contributed by atoms with Crippen LogP contribution in [0.3, 0.4) is 0 Å². The van der Waals surface area contributed by atoms with Crippen LogP contribution in [0.2, 0.25) is 0 Å². The van der Waals surface area contributed by atoms with Gasteiger partial charge in [-0.15, -0.1) is 0 Å². The van der Waals surface area contributed by atoms with Crippen molar-refractivity contribution in [1.29, 1.82) is 0 Å². The number of alkyl halides is 28. The van der Waals surface area contributed by atoms with E-state index in [1.165, 1.54) is 20.8 Å². The molecule has 0 aromatic rings. The van der Waals surface area contributed by atoms with Crippen LogP contribution >= 0.6 is 0 Å². The molecule has 0 unspecified atom stereocenters. The summed E-state index contributed by atoms with van der Waals surface area (Å²) in [6.07, 6.45) is -71.4. The molecular formula is C29H30F28O8. The Labute approximate surface area is 344 Å². The fourth-order valence-corrected chi connectivity index (χ4v) is 3.93.